The summed E-state index contributed by atoms with van der Waals surface area (Å²) in [6, 6.07) is 90.8. The molecule has 0 radical (unpaired) electrons. The summed E-state index contributed by atoms with van der Waals surface area (Å²) in [4.78, 5) is 10.6. The maximum atomic E-state index is 5.41. The number of aromatic nitrogens is 1. The van der Waals surface area contributed by atoms with Gasteiger partial charge in [0.2, 0.25) is 0 Å². The molecule has 67 heavy (non-hydrogen) atoms. The van der Waals surface area contributed by atoms with Crippen LogP contribution in [0.25, 0.3) is 83.1 Å². The maximum Gasteiger partial charge on any atom is 0.159 e. The molecule has 1 atom stereocenters. The zero-order valence-corrected chi connectivity index (χ0v) is 36.7. The predicted molar refractivity (Wildman–Crippen MR) is 280 cm³/mol. The number of aliphatic imine (C=N–C) groups is 2. The quantitative estimate of drug-likeness (QED) is 0.154. The lowest BCUT2D eigenvalue weighted by Gasteiger charge is -2.24. The first-order valence-corrected chi connectivity index (χ1v) is 22.8. The lowest BCUT2D eigenvalue weighted by Crippen LogP contribution is -2.33. The third-order valence-electron chi connectivity index (χ3n) is 12.8. The molecule has 0 saturated carbocycles. The second-order valence-corrected chi connectivity index (χ2v) is 17.0. The van der Waals surface area contributed by atoms with Gasteiger partial charge in [-0.2, -0.15) is 0 Å². The van der Waals surface area contributed by atoms with Crippen LogP contribution in [0.3, 0.4) is 0 Å². The second kappa shape index (κ2) is 17.3. The topological polar surface area (TPSA) is 41.7 Å². The summed E-state index contributed by atoms with van der Waals surface area (Å²) in [7, 11) is 0. The van der Waals surface area contributed by atoms with Gasteiger partial charge in [-0.25, -0.2) is 9.98 Å². The van der Waals surface area contributed by atoms with Crippen molar-refractivity contribution in [1.29, 1.82) is 0 Å². The van der Waals surface area contributed by atoms with Crippen LogP contribution in [0.5, 0.6) is 0 Å². The summed E-state index contributed by atoms with van der Waals surface area (Å²) in [5.41, 5.74) is 18.1. The number of hydrogen-bond acceptors (Lipinski definition) is 3. The fourth-order valence-corrected chi connectivity index (χ4v) is 9.57. The van der Waals surface area contributed by atoms with Gasteiger partial charge in [0.15, 0.2) is 5.84 Å². The van der Waals surface area contributed by atoms with Crippen LogP contribution in [0.1, 0.15) is 22.9 Å². The van der Waals surface area contributed by atoms with E-state index < -0.39 is 6.17 Å². The molecule has 0 saturated heterocycles. The minimum absolute atomic E-state index is 0.396. The van der Waals surface area contributed by atoms with Gasteiger partial charge in [-0.15, -0.1) is 0 Å². The molecule has 1 unspecified atom stereocenters. The highest BCUT2D eigenvalue weighted by molar-refractivity contribution is 6.17. The number of para-hydroxylation sites is 1. The van der Waals surface area contributed by atoms with E-state index in [1.54, 1.807) is 0 Å². The van der Waals surface area contributed by atoms with Gasteiger partial charge in [0.1, 0.15) is 12.0 Å². The molecular weight excluding hydrogens is 813 g/mol. The molecule has 0 bridgehead atoms. The van der Waals surface area contributed by atoms with Gasteiger partial charge in [0, 0.05) is 27.6 Å². The summed E-state index contributed by atoms with van der Waals surface area (Å²) in [5, 5.41) is 6.16. The monoisotopic (exact) mass is 856 g/mol. The van der Waals surface area contributed by atoms with Gasteiger partial charge in [-0.05, 0) is 122 Å². The number of hydrogen-bond donors (Lipinski definition) is 1. The Balaban J connectivity index is 0.977. The minimum atomic E-state index is -0.396. The standard InChI is InChI=1S/C63H44N4/c1-6-19-43(20-7-1)48-35-36-58-57(42-48)60-56(33-18-34-59(60)67(58)55-31-14-5-15-32-55)49-28-17-30-51(38-49)63-65-61(46-25-12-4-13-26-46)64-62(66-63)50-29-16-27-47(37-50)54-40-52(44-21-8-2-9-22-44)39-53(41-54)45-23-10-3-11-24-45/h1-42,63H,(H,64,65,66). The summed E-state index contributed by atoms with van der Waals surface area (Å²) in [6.45, 7) is 0. The Bertz CT molecular complexity index is 3570. The van der Waals surface area contributed by atoms with E-state index in [1.807, 2.05) is 6.07 Å². The van der Waals surface area contributed by atoms with Crippen molar-refractivity contribution in [3.63, 3.8) is 0 Å². The van der Waals surface area contributed by atoms with Gasteiger partial charge in [0.05, 0.1) is 11.0 Å². The molecule has 1 aromatic heterocycles. The van der Waals surface area contributed by atoms with Crippen molar-refractivity contribution in [2.75, 3.05) is 0 Å². The average molecular weight is 857 g/mol. The minimum Gasteiger partial charge on any atom is -0.344 e. The summed E-state index contributed by atoms with van der Waals surface area (Å²) >= 11 is 0. The maximum absolute atomic E-state index is 5.41. The van der Waals surface area contributed by atoms with Gasteiger partial charge < -0.3 is 9.88 Å². The highest BCUT2D eigenvalue weighted by Crippen LogP contribution is 2.41. The first-order chi connectivity index (χ1) is 33.2. The van der Waals surface area contributed by atoms with E-state index in [0.717, 1.165) is 50.4 Å². The van der Waals surface area contributed by atoms with E-state index in [9.17, 15) is 0 Å². The number of nitrogens with zero attached hydrogens (tertiary/aromatic N) is 3. The van der Waals surface area contributed by atoms with E-state index in [1.165, 1.54) is 55.2 Å². The van der Waals surface area contributed by atoms with Gasteiger partial charge in [-0.1, -0.05) is 194 Å². The zero-order chi connectivity index (χ0) is 44.5. The lowest BCUT2D eigenvalue weighted by atomic mass is 9.92. The third-order valence-corrected chi connectivity index (χ3v) is 12.8. The predicted octanol–water partition coefficient (Wildman–Crippen LogP) is 15.6. The Morgan fingerprint density at radius 2 is 0.836 bits per heavy atom. The highest BCUT2D eigenvalue weighted by Gasteiger charge is 2.23. The number of fused-ring (bicyclic) bond motifs is 3. The molecule has 4 heteroatoms. The Morgan fingerprint density at radius 3 is 1.49 bits per heavy atom. The molecule has 1 aliphatic rings. The molecule has 0 aliphatic carbocycles. The SMILES string of the molecule is c1ccc(C2=NC(c3cccc(-c4cc(-c5ccccc5)cc(-c5ccccc5)c4)c3)=NC(c3cccc(-c4cccc5c4c4cc(-c6ccccc6)ccc4n5-c4ccccc4)c3)N2)cc1. The van der Waals surface area contributed by atoms with E-state index >= 15 is 0 Å². The number of amidine groups is 2. The largest absolute Gasteiger partial charge is 0.344 e. The smallest absolute Gasteiger partial charge is 0.159 e. The summed E-state index contributed by atoms with van der Waals surface area (Å²) in [6.07, 6.45) is -0.396. The molecule has 10 aromatic carbocycles. The number of benzene rings is 10. The van der Waals surface area contributed by atoms with Crippen LogP contribution in [0.4, 0.5) is 0 Å². The van der Waals surface area contributed by atoms with Crippen LogP contribution < -0.4 is 5.32 Å². The third kappa shape index (κ3) is 7.71. The number of nitrogens with one attached hydrogen (secondary N) is 1. The van der Waals surface area contributed by atoms with Gasteiger partial charge in [0.25, 0.3) is 0 Å². The van der Waals surface area contributed by atoms with Crippen LogP contribution in [0, 0.1) is 0 Å². The van der Waals surface area contributed by atoms with Crippen molar-refractivity contribution in [2.24, 2.45) is 9.98 Å². The Morgan fingerprint density at radius 1 is 0.343 bits per heavy atom. The van der Waals surface area contributed by atoms with Crippen molar-refractivity contribution >= 4 is 33.5 Å². The molecular formula is C63H44N4. The molecule has 0 spiro atoms. The van der Waals surface area contributed by atoms with Crippen LogP contribution in [0.15, 0.2) is 265 Å². The molecule has 11 aromatic rings. The fraction of sp³-hybridized carbons (Fsp3) is 0.0159. The van der Waals surface area contributed by atoms with Crippen LogP contribution in [-0.4, -0.2) is 16.2 Å². The van der Waals surface area contributed by atoms with Crippen molar-refractivity contribution < 1.29 is 0 Å². The van der Waals surface area contributed by atoms with Crippen molar-refractivity contribution in [3.05, 3.63) is 271 Å². The highest BCUT2D eigenvalue weighted by atomic mass is 15.2. The van der Waals surface area contributed by atoms with E-state index in [-0.39, 0.29) is 0 Å². The first-order valence-electron chi connectivity index (χ1n) is 22.8. The molecule has 0 fully saturated rings. The van der Waals surface area contributed by atoms with Crippen LogP contribution in [-0.2, 0) is 0 Å². The van der Waals surface area contributed by atoms with E-state index in [0.29, 0.717) is 5.84 Å². The summed E-state index contributed by atoms with van der Waals surface area (Å²) in [5.74, 6) is 1.46. The Kier molecular flexibility index (Phi) is 10.2. The van der Waals surface area contributed by atoms with Crippen LogP contribution in [0.2, 0.25) is 0 Å². The van der Waals surface area contributed by atoms with Crippen molar-refractivity contribution in [1.82, 2.24) is 9.88 Å². The molecule has 316 valence electrons. The normalized spacial score (nSPS) is 13.5. The molecule has 4 nitrogen and oxygen atoms in total. The second-order valence-electron chi connectivity index (χ2n) is 17.0. The summed E-state index contributed by atoms with van der Waals surface area (Å²) < 4.78 is 2.39. The molecule has 1 aliphatic heterocycles. The first kappa shape index (κ1) is 39.7. The molecule has 2 heterocycles. The van der Waals surface area contributed by atoms with Crippen LogP contribution >= 0.6 is 0 Å². The Labute approximate surface area is 390 Å². The van der Waals surface area contributed by atoms with Crippen molar-refractivity contribution in [3.8, 4) is 61.3 Å². The van der Waals surface area contributed by atoms with E-state index in [2.05, 4.69) is 259 Å². The average Bonchev–Trinajstić information content (AvgIpc) is 3.76. The zero-order valence-electron chi connectivity index (χ0n) is 36.7. The Hall–Kier alpha value is -8.86. The molecule has 1 N–H and O–H groups in total. The molecule has 0 amide bonds. The molecule has 12 rings (SSSR count). The fourth-order valence-electron chi connectivity index (χ4n) is 9.57. The van der Waals surface area contributed by atoms with E-state index in [4.69, 9.17) is 9.98 Å². The lowest BCUT2D eigenvalue weighted by molar-refractivity contribution is 0.674. The van der Waals surface area contributed by atoms with Crippen molar-refractivity contribution in [2.45, 2.75) is 6.17 Å². The number of rotatable bonds is 9. The van der Waals surface area contributed by atoms with Gasteiger partial charge in [-0.3, -0.25) is 0 Å². The van der Waals surface area contributed by atoms with Gasteiger partial charge >= 0.3 is 0 Å².